The predicted octanol–water partition coefficient (Wildman–Crippen LogP) is 2.09. The number of H-pyrrole nitrogens is 1. The molecule has 0 bridgehead atoms. The summed E-state index contributed by atoms with van der Waals surface area (Å²) in [5, 5.41) is 11.2. The van der Waals surface area contributed by atoms with Crippen LogP contribution in [-0.2, 0) is 6.42 Å². The van der Waals surface area contributed by atoms with Crippen molar-refractivity contribution in [1.82, 2.24) is 29.9 Å². The van der Waals surface area contributed by atoms with Gasteiger partial charge in [-0.25, -0.2) is 9.67 Å². The molecule has 0 unspecified atom stereocenters. The van der Waals surface area contributed by atoms with Gasteiger partial charge in [-0.3, -0.25) is 9.89 Å². The van der Waals surface area contributed by atoms with Gasteiger partial charge >= 0.3 is 0 Å². The summed E-state index contributed by atoms with van der Waals surface area (Å²) in [7, 11) is 0. The lowest BCUT2D eigenvalue weighted by atomic mass is 9.93. The van der Waals surface area contributed by atoms with E-state index < -0.39 is 0 Å². The van der Waals surface area contributed by atoms with Crippen molar-refractivity contribution in [2.75, 3.05) is 13.1 Å². The number of amides is 1. The van der Waals surface area contributed by atoms with Crippen molar-refractivity contribution in [3.63, 3.8) is 0 Å². The van der Waals surface area contributed by atoms with Gasteiger partial charge in [-0.15, -0.1) is 0 Å². The van der Waals surface area contributed by atoms with Gasteiger partial charge in [0.1, 0.15) is 0 Å². The number of nitrogens with one attached hydrogen (secondary N) is 1. The third kappa shape index (κ3) is 3.45. The number of rotatable bonds is 4. The Bertz CT molecular complexity index is 810. The fourth-order valence-electron chi connectivity index (χ4n) is 3.36. The lowest BCUT2D eigenvalue weighted by Gasteiger charge is -2.32. The van der Waals surface area contributed by atoms with Crippen molar-refractivity contribution in [3.05, 3.63) is 60.3 Å². The van der Waals surface area contributed by atoms with E-state index in [4.69, 9.17) is 0 Å². The van der Waals surface area contributed by atoms with Crippen LogP contribution in [0.5, 0.6) is 0 Å². The third-order valence-corrected chi connectivity index (χ3v) is 4.61. The molecular weight excluding hydrogens is 316 g/mol. The number of aromatic nitrogens is 5. The SMILES string of the molecule is O=C(c1ccc(-n2cccn2)nc1)N1CCC[C@@H](Cc2ccn[nH]2)C1. The Morgan fingerprint density at radius 2 is 2.24 bits per heavy atom. The van der Waals surface area contributed by atoms with Crippen LogP contribution >= 0.6 is 0 Å². The molecule has 4 rings (SSSR count). The second-order valence-corrected chi connectivity index (χ2v) is 6.40. The van der Waals surface area contributed by atoms with Crippen LogP contribution in [0.2, 0.25) is 0 Å². The van der Waals surface area contributed by atoms with Crippen LogP contribution in [0, 0.1) is 5.92 Å². The van der Waals surface area contributed by atoms with Crippen LogP contribution in [0.15, 0.2) is 49.1 Å². The van der Waals surface area contributed by atoms with Crippen molar-refractivity contribution in [1.29, 1.82) is 0 Å². The van der Waals surface area contributed by atoms with E-state index in [-0.39, 0.29) is 5.91 Å². The molecule has 0 spiro atoms. The van der Waals surface area contributed by atoms with Gasteiger partial charge in [0, 0.05) is 43.6 Å². The molecule has 1 aliphatic rings. The topological polar surface area (TPSA) is 79.7 Å². The number of pyridine rings is 1. The Kier molecular flexibility index (Phi) is 4.28. The van der Waals surface area contributed by atoms with Gasteiger partial charge in [0.2, 0.25) is 0 Å². The van der Waals surface area contributed by atoms with E-state index in [1.165, 1.54) is 0 Å². The molecule has 1 aliphatic heterocycles. The molecule has 25 heavy (non-hydrogen) atoms. The molecule has 7 heteroatoms. The van der Waals surface area contributed by atoms with E-state index in [0.717, 1.165) is 38.0 Å². The Hall–Kier alpha value is -2.96. The molecule has 0 radical (unpaired) electrons. The Morgan fingerprint density at radius 3 is 2.96 bits per heavy atom. The minimum Gasteiger partial charge on any atom is -0.338 e. The Morgan fingerprint density at radius 1 is 1.28 bits per heavy atom. The maximum atomic E-state index is 12.8. The van der Waals surface area contributed by atoms with Gasteiger partial charge in [-0.2, -0.15) is 10.2 Å². The summed E-state index contributed by atoms with van der Waals surface area (Å²) >= 11 is 0. The number of nitrogens with zero attached hydrogens (tertiary/aromatic N) is 5. The van der Waals surface area contributed by atoms with Crippen molar-refractivity contribution in [2.45, 2.75) is 19.3 Å². The minimum absolute atomic E-state index is 0.0498. The normalized spacial score (nSPS) is 17.6. The summed E-state index contributed by atoms with van der Waals surface area (Å²) in [6.07, 6.45) is 10.0. The van der Waals surface area contributed by atoms with Crippen LogP contribution in [-0.4, -0.2) is 48.9 Å². The van der Waals surface area contributed by atoms with Gasteiger partial charge in [-0.05, 0) is 49.4 Å². The first-order valence-corrected chi connectivity index (χ1v) is 8.53. The number of likely N-dealkylation sites (tertiary alicyclic amines) is 1. The standard InChI is InChI=1S/C18H20N6O/c25-18(15-4-5-17(19-12-15)24-10-2-7-21-24)23-9-1-3-14(13-23)11-16-6-8-20-22-16/h2,4-8,10,12,14H,1,3,9,11,13H2,(H,20,22)/t14-/m0/s1. The fourth-order valence-corrected chi connectivity index (χ4v) is 3.36. The largest absolute Gasteiger partial charge is 0.338 e. The van der Waals surface area contributed by atoms with E-state index in [0.29, 0.717) is 17.3 Å². The molecular formula is C18H20N6O. The first kappa shape index (κ1) is 15.6. The molecule has 1 fully saturated rings. The van der Waals surface area contributed by atoms with Crippen LogP contribution in [0.25, 0.3) is 5.82 Å². The molecule has 3 aromatic heterocycles. The number of carbonyl (C=O) groups is 1. The number of piperidine rings is 1. The minimum atomic E-state index is 0.0498. The van der Waals surface area contributed by atoms with Gasteiger partial charge in [0.25, 0.3) is 5.91 Å². The maximum Gasteiger partial charge on any atom is 0.255 e. The lowest BCUT2D eigenvalue weighted by molar-refractivity contribution is 0.0672. The van der Waals surface area contributed by atoms with Crippen molar-refractivity contribution < 1.29 is 4.79 Å². The Balaban J connectivity index is 1.43. The number of aromatic amines is 1. The maximum absolute atomic E-state index is 12.8. The summed E-state index contributed by atoms with van der Waals surface area (Å²) in [5.41, 5.74) is 1.75. The monoisotopic (exact) mass is 336 g/mol. The number of hydrogen-bond acceptors (Lipinski definition) is 4. The molecule has 0 saturated carbocycles. The van der Waals surface area contributed by atoms with Gasteiger partial charge < -0.3 is 4.90 Å². The van der Waals surface area contributed by atoms with Crippen LogP contribution in [0.1, 0.15) is 28.9 Å². The van der Waals surface area contributed by atoms with Gasteiger partial charge in [-0.1, -0.05) is 0 Å². The lowest BCUT2D eigenvalue weighted by Crippen LogP contribution is -2.40. The predicted molar refractivity (Wildman–Crippen MR) is 92.3 cm³/mol. The van der Waals surface area contributed by atoms with E-state index in [2.05, 4.69) is 20.3 Å². The first-order valence-electron chi connectivity index (χ1n) is 8.53. The molecule has 3 aromatic rings. The van der Waals surface area contributed by atoms with E-state index >= 15 is 0 Å². The molecule has 1 N–H and O–H groups in total. The van der Waals surface area contributed by atoms with Crippen molar-refractivity contribution >= 4 is 5.91 Å². The summed E-state index contributed by atoms with van der Waals surface area (Å²) in [5.74, 6) is 1.22. The van der Waals surface area contributed by atoms with Crippen molar-refractivity contribution in [2.24, 2.45) is 5.92 Å². The van der Waals surface area contributed by atoms with Crippen molar-refractivity contribution in [3.8, 4) is 5.82 Å². The highest BCUT2D eigenvalue weighted by Gasteiger charge is 2.25. The molecule has 4 heterocycles. The third-order valence-electron chi connectivity index (χ3n) is 4.61. The molecule has 0 aliphatic carbocycles. The zero-order valence-electron chi connectivity index (χ0n) is 13.9. The number of carbonyl (C=O) groups excluding carboxylic acids is 1. The van der Waals surface area contributed by atoms with Crippen LogP contribution < -0.4 is 0 Å². The van der Waals surface area contributed by atoms with Crippen LogP contribution in [0.4, 0.5) is 0 Å². The second kappa shape index (κ2) is 6.88. The average Bonchev–Trinajstić information content (AvgIpc) is 3.35. The fraction of sp³-hybridized carbons (Fsp3) is 0.333. The van der Waals surface area contributed by atoms with E-state index in [9.17, 15) is 4.79 Å². The molecule has 1 amide bonds. The Labute approximate surface area is 145 Å². The van der Waals surface area contributed by atoms with Gasteiger partial charge in [0.15, 0.2) is 5.82 Å². The van der Waals surface area contributed by atoms with E-state index in [1.807, 2.05) is 35.4 Å². The summed E-state index contributed by atoms with van der Waals surface area (Å²) in [6.45, 7) is 1.58. The molecule has 0 aromatic carbocycles. The molecule has 1 saturated heterocycles. The molecule has 7 nitrogen and oxygen atoms in total. The smallest absolute Gasteiger partial charge is 0.255 e. The zero-order chi connectivity index (χ0) is 17.1. The molecule has 128 valence electrons. The summed E-state index contributed by atoms with van der Waals surface area (Å²) in [6, 6.07) is 7.49. The highest BCUT2D eigenvalue weighted by atomic mass is 16.2. The number of hydrogen-bond donors (Lipinski definition) is 1. The molecule has 1 atom stereocenters. The first-order chi connectivity index (χ1) is 12.3. The second-order valence-electron chi connectivity index (χ2n) is 6.40. The van der Waals surface area contributed by atoms with Gasteiger partial charge in [0.05, 0.1) is 5.56 Å². The highest BCUT2D eigenvalue weighted by molar-refractivity contribution is 5.94. The summed E-state index contributed by atoms with van der Waals surface area (Å²) in [4.78, 5) is 19.1. The zero-order valence-corrected chi connectivity index (χ0v) is 13.9. The summed E-state index contributed by atoms with van der Waals surface area (Å²) < 4.78 is 1.68. The van der Waals surface area contributed by atoms with E-state index in [1.54, 1.807) is 23.3 Å². The highest BCUT2D eigenvalue weighted by Crippen LogP contribution is 2.21. The quantitative estimate of drug-likeness (QED) is 0.791. The average molecular weight is 336 g/mol. The van der Waals surface area contributed by atoms with Crippen LogP contribution in [0.3, 0.4) is 0 Å².